The number of β-lactam (4-membered cyclic amide) rings is 1. The largest absolute Gasteiger partial charge is 0.497 e. The van der Waals surface area contributed by atoms with Crippen LogP contribution in [0.25, 0.3) is 0 Å². The predicted molar refractivity (Wildman–Crippen MR) is 96.2 cm³/mol. The van der Waals surface area contributed by atoms with Crippen molar-refractivity contribution in [2.75, 3.05) is 7.11 Å². The molecular formula is C20H28N2O3. The maximum Gasteiger partial charge on any atom is 0.247 e. The molecule has 5 heteroatoms. The van der Waals surface area contributed by atoms with Crippen molar-refractivity contribution in [1.82, 2.24) is 10.2 Å². The van der Waals surface area contributed by atoms with E-state index in [1.807, 2.05) is 49.9 Å². The Morgan fingerprint density at radius 3 is 2.44 bits per heavy atom. The molecule has 5 nitrogen and oxygen atoms in total. The summed E-state index contributed by atoms with van der Waals surface area (Å²) in [5.41, 5.74) is 0.488. The summed E-state index contributed by atoms with van der Waals surface area (Å²) in [6, 6.07) is 7.07. The molecule has 1 aromatic carbocycles. The first-order valence-electron chi connectivity index (χ1n) is 9.10. The first kappa shape index (κ1) is 17.8. The number of benzene rings is 1. The average Bonchev–Trinajstić information content (AvgIpc) is 2.57. The minimum Gasteiger partial charge on any atom is -0.497 e. The summed E-state index contributed by atoms with van der Waals surface area (Å²) in [5, 5.41) is 3.05. The Labute approximate surface area is 149 Å². The Morgan fingerprint density at radius 2 is 1.84 bits per heavy atom. The normalized spacial score (nSPS) is 24.2. The number of likely N-dealkylation sites (tertiary alicyclic amines) is 1. The molecule has 25 heavy (non-hydrogen) atoms. The molecule has 2 aliphatic rings. The highest BCUT2D eigenvalue weighted by atomic mass is 16.5. The monoisotopic (exact) mass is 344 g/mol. The van der Waals surface area contributed by atoms with Crippen molar-refractivity contribution in [2.24, 2.45) is 5.92 Å². The van der Waals surface area contributed by atoms with Crippen LogP contribution in [0.3, 0.4) is 0 Å². The molecule has 1 aliphatic carbocycles. The summed E-state index contributed by atoms with van der Waals surface area (Å²) in [7, 11) is 1.62. The van der Waals surface area contributed by atoms with Crippen LogP contribution >= 0.6 is 0 Å². The fourth-order valence-electron chi connectivity index (χ4n) is 3.99. The van der Waals surface area contributed by atoms with Gasteiger partial charge in [0, 0.05) is 11.6 Å². The molecule has 0 spiro atoms. The first-order valence-corrected chi connectivity index (χ1v) is 9.10. The number of methoxy groups -OCH3 is 1. The Balaban J connectivity index is 1.91. The number of nitrogens with one attached hydrogen (secondary N) is 1. The SMILES string of the molecule is COc1ccc(C(C(=O)NC(C)(C)C)N2C(=O)[C@@H]3CCCC[C@@H]32)cc1. The molecule has 0 aromatic heterocycles. The third-order valence-electron chi connectivity index (χ3n) is 5.11. The number of carbonyl (C=O) groups is 2. The molecule has 0 bridgehead atoms. The second kappa shape index (κ2) is 6.70. The van der Waals surface area contributed by atoms with E-state index in [0.717, 1.165) is 37.0 Å². The quantitative estimate of drug-likeness (QED) is 0.854. The smallest absolute Gasteiger partial charge is 0.247 e. The van der Waals surface area contributed by atoms with Crippen molar-refractivity contribution >= 4 is 11.8 Å². The molecule has 1 aromatic rings. The first-order chi connectivity index (χ1) is 11.8. The molecule has 2 amide bonds. The number of amides is 2. The van der Waals surface area contributed by atoms with Gasteiger partial charge in [0.05, 0.1) is 13.0 Å². The zero-order valence-electron chi connectivity index (χ0n) is 15.5. The van der Waals surface area contributed by atoms with Crippen LogP contribution in [0.1, 0.15) is 58.1 Å². The molecule has 3 atom stereocenters. The Kier molecular flexibility index (Phi) is 4.76. The van der Waals surface area contributed by atoms with E-state index in [4.69, 9.17) is 4.74 Å². The van der Waals surface area contributed by atoms with E-state index in [-0.39, 0.29) is 29.3 Å². The summed E-state index contributed by atoms with van der Waals surface area (Å²) >= 11 is 0. The summed E-state index contributed by atoms with van der Waals surface area (Å²) in [4.78, 5) is 27.6. The van der Waals surface area contributed by atoms with Gasteiger partial charge < -0.3 is 15.0 Å². The van der Waals surface area contributed by atoms with Crippen LogP contribution in [0.2, 0.25) is 0 Å². The lowest BCUT2D eigenvalue weighted by atomic mass is 9.74. The minimum atomic E-state index is -0.572. The van der Waals surface area contributed by atoms with Gasteiger partial charge in [0.2, 0.25) is 11.8 Å². The van der Waals surface area contributed by atoms with E-state index in [1.165, 1.54) is 0 Å². The van der Waals surface area contributed by atoms with Gasteiger partial charge in [-0.05, 0) is 51.3 Å². The number of fused-ring (bicyclic) bond motifs is 1. The lowest BCUT2D eigenvalue weighted by Gasteiger charge is -2.53. The van der Waals surface area contributed by atoms with Crippen LogP contribution < -0.4 is 10.1 Å². The highest BCUT2D eigenvalue weighted by molar-refractivity contribution is 5.94. The van der Waals surface area contributed by atoms with Crippen molar-refractivity contribution in [1.29, 1.82) is 0 Å². The topological polar surface area (TPSA) is 58.6 Å². The highest BCUT2D eigenvalue weighted by Gasteiger charge is 2.52. The molecule has 1 aliphatic heterocycles. The molecule has 1 N–H and O–H groups in total. The lowest BCUT2D eigenvalue weighted by molar-refractivity contribution is -0.169. The number of carbonyl (C=O) groups excluding carboxylic acids is 2. The third-order valence-corrected chi connectivity index (χ3v) is 5.11. The van der Waals surface area contributed by atoms with Gasteiger partial charge >= 0.3 is 0 Å². The van der Waals surface area contributed by atoms with Gasteiger partial charge in [-0.2, -0.15) is 0 Å². The molecule has 1 unspecified atom stereocenters. The van der Waals surface area contributed by atoms with Crippen LogP contribution in [0.5, 0.6) is 5.75 Å². The maximum atomic E-state index is 13.0. The Hall–Kier alpha value is -2.04. The van der Waals surface area contributed by atoms with Crippen molar-refractivity contribution in [3.63, 3.8) is 0 Å². The lowest BCUT2D eigenvalue weighted by Crippen LogP contribution is -2.65. The van der Waals surface area contributed by atoms with Crippen molar-refractivity contribution in [3.05, 3.63) is 29.8 Å². The van der Waals surface area contributed by atoms with Crippen LogP contribution in [0.15, 0.2) is 24.3 Å². The van der Waals surface area contributed by atoms with Crippen LogP contribution in [-0.2, 0) is 9.59 Å². The molecule has 3 rings (SSSR count). The van der Waals surface area contributed by atoms with Crippen LogP contribution in [0.4, 0.5) is 0 Å². The standard InChI is InChI=1S/C20H28N2O3/c1-20(2,3)21-18(23)17(13-9-11-14(25-4)12-10-13)22-16-8-6-5-7-15(16)19(22)24/h9-12,15-17H,5-8H2,1-4H3,(H,21,23)/t15-,16+,17?/m1/s1. The zero-order chi connectivity index (χ0) is 18.2. The van der Waals surface area contributed by atoms with Gasteiger partial charge in [-0.25, -0.2) is 0 Å². The molecule has 1 saturated heterocycles. The third kappa shape index (κ3) is 3.51. The molecular weight excluding hydrogens is 316 g/mol. The van der Waals surface area contributed by atoms with E-state index in [9.17, 15) is 9.59 Å². The fourth-order valence-corrected chi connectivity index (χ4v) is 3.99. The average molecular weight is 344 g/mol. The molecule has 136 valence electrons. The maximum absolute atomic E-state index is 13.0. The summed E-state index contributed by atoms with van der Waals surface area (Å²) in [6.07, 6.45) is 4.19. The summed E-state index contributed by atoms with van der Waals surface area (Å²) < 4.78 is 5.22. The number of hydrogen-bond acceptors (Lipinski definition) is 3. The van der Waals surface area contributed by atoms with E-state index in [1.54, 1.807) is 7.11 Å². The van der Waals surface area contributed by atoms with Crippen LogP contribution in [-0.4, -0.2) is 35.4 Å². The van der Waals surface area contributed by atoms with Gasteiger partial charge in [-0.15, -0.1) is 0 Å². The van der Waals surface area contributed by atoms with Crippen molar-refractivity contribution < 1.29 is 14.3 Å². The number of hydrogen-bond donors (Lipinski definition) is 1. The van der Waals surface area contributed by atoms with E-state index < -0.39 is 6.04 Å². The van der Waals surface area contributed by atoms with Gasteiger partial charge in [-0.3, -0.25) is 9.59 Å². The minimum absolute atomic E-state index is 0.108. The van der Waals surface area contributed by atoms with E-state index in [0.29, 0.717) is 0 Å². The molecule has 1 heterocycles. The van der Waals surface area contributed by atoms with Crippen LogP contribution in [0, 0.1) is 5.92 Å². The second-order valence-electron chi connectivity index (χ2n) is 8.12. The Morgan fingerprint density at radius 1 is 1.20 bits per heavy atom. The number of rotatable bonds is 4. The Bertz CT molecular complexity index is 648. The molecule has 0 radical (unpaired) electrons. The van der Waals surface area contributed by atoms with E-state index in [2.05, 4.69) is 5.32 Å². The van der Waals surface area contributed by atoms with Gasteiger partial charge in [0.15, 0.2) is 0 Å². The van der Waals surface area contributed by atoms with Gasteiger partial charge in [0.25, 0.3) is 0 Å². The predicted octanol–water partition coefficient (Wildman–Crippen LogP) is 3.05. The van der Waals surface area contributed by atoms with Gasteiger partial charge in [-0.1, -0.05) is 25.0 Å². The molecule has 2 fully saturated rings. The highest BCUT2D eigenvalue weighted by Crippen LogP contribution is 2.43. The van der Waals surface area contributed by atoms with E-state index >= 15 is 0 Å². The van der Waals surface area contributed by atoms with Gasteiger partial charge in [0.1, 0.15) is 11.8 Å². The second-order valence-corrected chi connectivity index (χ2v) is 8.12. The van der Waals surface area contributed by atoms with Crippen molar-refractivity contribution in [3.8, 4) is 5.75 Å². The molecule has 1 saturated carbocycles. The zero-order valence-corrected chi connectivity index (χ0v) is 15.5. The number of ether oxygens (including phenoxy) is 1. The fraction of sp³-hybridized carbons (Fsp3) is 0.600. The summed E-state index contributed by atoms with van der Waals surface area (Å²) in [6.45, 7) is 5.87. The van der Waals surface area contributed by atoms with Crippen molar-refractivity contribution in [2.45, 2.75) is 64.1 Å². The number of nitrogens with zero attached hydrogens (tertiary/aromatic N) is 1. The summed E-state index contributed by atoms with van der Waals surface area (Å²) in [5.74, 6) is 0.853.